The Kier molecular flexibility index (Phi) is 6.48. The van der Waals surface area contributed by atoms with Gasteiger partial charge in [-0.2, -0.15) is 0 Å². The molecule has 6 heteroatoms. The molecule has 1 unspecified atom stereocenters. The van der Waals surface area contributed by atoms with E-state index in [1.54, 1.807) is 7.11 Å². The predicted molar refractivity (Wildman–Crippen MR) is 117 cm³/mol. The number of likely N-dealkylation sites (tertiary alicyclic amines) is 1. The Bertz CT molecular complexity index is 1040. The van der Waals surface area contributed by atoms with Crippen molar-refractivity contribution < 1.29 is 18.7 Å². The number of methoxy groups -OCH3 is 1. The molecule has 4 rings (SSSR count). The molecule has 31 heavy (non-hydrogen) atoms. The minimum absolute atomic E-state index is 0.0746. The maximum atomic E-state index is 13.0. The lowest BCUT2D eigenvalue weighted by Crippen LogP contribution is -2.36. The number of halogens is 1. The van der Waals surface area contributed by atoms with Crippen LogP contribution in [0.5, 0.6) is 17.2 Å². The van der Waals surface area contributed by atoms with Crippen LogP contribution in [0.1, 0.15) is 22.3 Å². The molecule has 1 heterocycles. The van der Waals surface area contributed by atoms with Gasteiger partial charge < -0.3 is 14.8 Å². The molecule has 1 aliphatic rings. The standard InChI is InChI=1S/C25H25FN2O3/c1-30-23-7-2-3-8-24(23)31-22-6-4-5-18(15-22)16-28-14-13-21(17-28)27-25(29)19-9-11-20(26)12-10-19/h2-12,15,21H,13-14,16-17H2,1H3,(H,27,29). The van der Waals surface area contributed by atoms with Crippen LogP contribution >= 0.6 is 0 Å². The van der Waals surface area contributed by atoms with E-state index in [0.717, 1.165) is 37.4 Å². The molecule has 1 amide bonds. The molecule has 1 fully saturated rings. The Morgan fingerprint density at radius 2 is 1.84 bits per heavy atom. The normalized spacial score (nSPS) is 16.1. The van der Waals surface area contributed by atoms with Gasteiger partial charge in [-0.15, -0.1) is 0 Å². The van der Waals surface area contributed by atoms with E-state index in [1.165, 1.54) is 24.3 Å². The molecule has 1 N–H and O–H groups in total. The van der Waals surface area contributed by atoms with Gasteiger partial charge in [0.1, 0.15) is 11.6 Å². The number of hydrogen-bond acceptors (Lipinski definition) is 4. The van der Waals surface area contributed by atoms with E-state index >= 15 is 0 Å². The van der Waals surface area contributed by atoms with Crippen LogP contribution in [0.2, 0.25) is 0 Å². The highest BCUT2D eigenvalue weighted by Crippen LogP contribution is 2.31. The Morgan fingerprint density at radius 3 is 2.61 bits per heavy atom. The fourth-order valence-electron chi connectivity index (χ4n) is 3.76. The smallest absolute Gasteiger partial charge is 0.251 e. The molecule has 0 radical (unpaired) electrons. The van der Waals surface area contributed by atoms with Gasteiger partial charge in [-0.25, -0.2) is 4.39 Å². The summed E-state index contributed by atoms with van der Waals surface area (Å²) in [4.78, 5) is 14.7. The fraction of sp³-hybridized carbons (Fsp3) is 0.240. The second kappa shape index (κ2) is 9.62. The Balaban J connectivity index is 1.33. The average Bonchev–Trinajstić information content (AvgIpc) is 3.21. The summed E-state index contributed by atoms with van der Waals surface area (Å²) in [6.07, 6.45) is 0.879. The van der Waals surface area contributed by atoms with Crippen molar-refractivity contribution in [3.05, 3.63) is 89.7 Å². The van der Waals surface area contributed by atoms with Gasteiger partial charge in [0.2, 0.25) is 0 Å². The quantitative estimate of drug-likeness (QED) is 0.606. The third-order valence-electron chi connectivity index (χ3n) is 5.32. The fourth-order valence-corrected chi connectivity index (χ4v) is 3.76. The van der Waals surface area contributed by atoms with Crippen LogP contribution in [0.15, 0.2) is 72.8 Å². The zero-order valence-corrected chi connectivity index (χ0v) is 17.4. The average molecular weight is 420 g/mol. The number of amides is 1. The van der Waals surface area contributed by atoms with Gasteiger partial charge in [-0.3, -0.25) is 9.69 Å². The lowest BCUT2D eigenvalue weighted by Gasteiger charge is -2.17. The van der Waals surface area contributed by atoms with Crippen molar-refractivity contribution in [1.29, 1.82) is 0 Å². The molecule has 1 aliphatic heterocycles. The number of nitrogens with zero attached hydrogens (tertiary/aromatic N) is 1. The van der Waals surface area contributed by atoms with Crippen molar-refractivity contribution >= 4 is 5.91 Å². The molecule has 1 saturated heterocycles. The number of hydrogen-bond donors (Lipinski definition) is 1. The summed E-state index contributed by atoms with van der Waals surface area (Å²) < 4.78 is 24.4. The van der Waals surface area contributed by atoms with Gasteiger partial charge in [-0.1, -0.05) is 24.3 Å². The molecule has 160 valence electrons. The van der Waals surface area contributed by atoms with Crippen molar-refractivity contribution in [3.8, 4) is 17.2 Å². The predicted octanol–water partition coefficient (Wildman–Crippen LogP) is 4.63. The number of carbonyl (C=O) groups is 1. The SMILES string of the molecule is COc1ccccc1Oc1cccc(CN2CCC(NC(=O)c3ccc(F)cc3)C2)c1. The molecular weight excluding hydrogens is 395 g/mol. The molecule has 0 saturated carbocycles. The summed E-state index contributed by atoms with van der Waals surface area (Å²) in [7, 11) is 1.62. The molecule has 3 aromatic carbocycles. The number of carbonyl (C=O) groups excluding carboxylic acids is 1. The van der Waals surface area contributed by atoms with E-state index in [9.17, 15) is 9.18 Å². The number of ether oxygens (including phenoxy) is 2. The third-order valence-corrected chi connectivity index (χ3v) is 5.32. The van der Waals surface area contributed by atoms with Gasteiger partial charge in [0.05, 0.1) is 7.11 Å². The van der Waals surface area contributed by atoms with E-state index in [4.69, 9.17) is 9.47 Å². The lowest BCUT2D eigenvalue weighted by atomic mass is 10.2. The summed E-state index contributed by atoms with van der Waals surface area (Å²) in [5, 5.41) is 3.05. The largest absolute Gasteiger partial charge is 0.493 e. The molecule has 0 bridgehead atoms. The molecule has 0 spiro atoms. The van der Waals surface area contributed by atoms with Gasteiger partial charge in [0, 0.05) is 31.2 Å². The maximum Gasteiger partial charge on any atom is 0.251 e. The van der Waals surface area contributed by atoms with Crippen molar-refractivity contribution in [1.82, 2.24) is 10.2 Å². The number of para-hydroxylation sites is 2. The number of nitrogens with one attached hydrogen (secondary N) is 1. The van der Waals surface area contributed by atoms with Crippen LogP contribution in [0.25, 0.3) is 0 Å². The summed E-state index contributed by atoms with van der Waals surface area (Å²) in [5.74, 6) is 1.60. The van der Waals surface area contributed by atoms with E-state index in [1.807, 2.05) is 42.5 Å². The van der Waals surface area contributed by atoms with Crippen LogP contribution in [0.3, 0.4) is 0 Å². The first-order valence-corrected chi connectivity index (χ1v) is 10.3. The zero-order valence-electron chi connectivity index (χ0n) is 17.4. The van der Waals surface area contributed by atoms with Gasteiger partial charge in [0.15, 0.2) is 11.5 Å². The minimum Gasteiger partial charge on any atom is -0.493 e. The van der Waals surface area contributed by atoms with E-state index in [0.29, 0.717) is 17.1 Å². The molecule has 5 nitrogen and oxygen atoms in total. The van der Waals surface area contributed by atoms with E-state index in [2.05, 4.69) is 16.3 Å². The lowest BCUT2D eigenvalue weighted by molar-refractivity contribution is 0.0937. The molecule has 3 aromatic rings. The van der Waals surface area contributed by atoms with Gasteiger partial charge >= 0.3 is 0 Å². The van der Waals surface area contributed by atoms with Crippen molar-refractivity contribution in [3.63, 3.8) is 0 Å². The van der Waals surface area contributed by atoms with Crippen molar-refractivity contribution in [2.24, 2.45) is 0 Å². The Labute approximate surface area is 181 Å². The van der Waals surface area contributed by atoms with Crippen LogP contribution in [-0.4, -0.2) is 37.0 Å². The Hall–Kier alpha value is -3.38. The topological polar surface area (TPSA) is 50.8 Å². The maximum absolute atomic E-state index is 13.0. The molecule has 1 atom stereocenters. The Morgan fingerprint density at radius 1 is 1.06 bits per heavy atom. The molecular formula is C25H25FN2O3. The summed E-state index contributed by atoms with van der Waals surface area (Å²) in [5.41, 5.74) is 1.61. The van der Waals surface area contributed by atoms with Crippen molar-refractivity contribution in [2.45, 2.75) is 19.0 Å². The summed E-state index contributed by atoms with van der Waals surface area (Å²) in [6, 6.07) is 21.2. The highest BCUT2D eigenvalue weighted by atomic mass is 19.1. The monoisotopic (exact) mass is 420 g/mol. The van der Waals surface area contributed by atoms with E-state index in [-0.39, 0.29) is 17.8 Å². The van der Waals surface area contributed by atoms with Gasteiger partial charge in [0.25, 0.3) is 5.91 Å². The number of rotatable bonds is 7. The molecule has 0 aliphatic carbocycles. The van der Waals surface area contributed by atoms with Crippen LogP contribution in [-0.2, 0) is 6.54 Å². The summed E-state index contributed by atoms with van der Waals surface area (Å²) in [6.45, 7) is 2.43. The van der Waals surface area contributed by atoms with Crippen LogP contribution in [0, 0.1) is 5.82 Å². The zero-order chi connectivity index (χ0) is 21.6. The second-order valence-corrected chi connectivity index (χ2v) is 7.60. The highest BCUT2D eigenvalue weighted by molar-refractivity contribution is 5.94. The van der Waals surface area contributed by atoms with Gasteiger partial charge in [-0.05, 0) is 60.5 Å². The first-order chi connectivity index (χ1) is 15.1. The number of benzene rings is 3. The van der Waals surface area contributed by atoms with Crippen molar-refractivity contribution in [2.75, 3.05) is 20.2 Å². The second-order valence-electron chi connectivity index (χ2n) is 7.60. The molecule has 0 aromatic heterocycles. The first kappa shape index (κ1) is 20.9. The van der Waals surface area contributed by atoms with Crippen LogP contribution in [0.4, 0.5) is 4.39 Å². The minimum atomic E-state index is -0.347. The third kappa shape index (κ3) is 5.41. The van der Waals surface area contributed by atoms with Crippen LogP contribution < -0.4 is 14.8 Å². The van der Waals surface area contributed by atoms with E-state index < -0.39 is 0 Å². The first-order valence-electron chi connectivity index (χ1n) is 10.3. The highest BCUT2D eigenvalue weighted by Gasteiger charge is 2.24. The summed E-state index contributed by atoms with van der Waals surface area (Å²) >= 11 is 0.